The van der Waals surface area contributed by atoms with Gasteiger partial charge in [-0.3, -0.25) is 4.79 Å². The van der Waals surface area contributed by atoms with Crippen LogP contribution in [0.2, 0.25) is 5.02 Å². The molecule has 0 spiro atoms. The zero-order valence-electron chi connectivity index (χ0n) is 21.4. The molecule has 4 rings (SSSR count). The monoisotopic (exact) mass is 503 g/mol. The van der Waals surface area contributed by atoms with E-state index in [2.05, 4.69) is 61.3 Å². The molecule has 1 atom stereocenters. The Bertz CT molecular complexity index is 1220. The molecular weight excluding hydrogens is 470 g/mol. The average Bonchev–Trinajstić information content (AvgIpc) is 2.86. The van der Waals surface area contributed by atoms with Gasteiger partial charge in [-0.15, -0.1) is 0 Å². The Balaban J connectivity index is 1.36. The second kappa shape index (κ2) is 11.2. The number of benzene rings is 3. The number of fused-ring (bicyclic) bond motifs is 1. The van der Waals surface area contributed by atoms with E-state index in [1.807, 2.05) is 48.5 Å². The lowest BCUT2D eigenvalue weighted by Gasteiger charge is -2.47. The van der Waals surface area contributed by atoms with Gasteiger partial charge in [-0.1, -0.05) is 67.9 Å². The summed E-state index contributed by atoms with van der Waals surface area (Å²) >= 11 is 6.63. The van der Waals surface area contributed by atoms with Crippen molar-refractivity contribution < 1.29 is 9.53 Å². The minimum atomic E-state index is -0.336. The van der Waals surface area contributed by atoms with E-state index >= 15 is 0 Å². The molecule has 0 bridgehead atoms. The Labute approximate surface area is 219 Å². The van der Waals surface area contributed by atoms with E-state index in [4.69, 9.17) is 16.3 Å². The largest absolute Gasteiger partial charge is 0.484 e. The standard InChI is InChI=1S/C30H34ClN3O2/c1-5-15-34-28-17-27(31)24(16-26(28)21(2)18-30(34,3)4)19-32-33-29(35)20-36-25-13-11-23(12-14-25)22-9-7-6-8-10-22/h6-14,16-17,19,21H,5,15,18,20H2,1-4H3,(H,33,35)/b32-19+. The van der Waals surface area contributed by atoms with Gasteiger partial charge in [0.05, 0.1) is 11.2 Å². The Morgan fingerprint density at radius 2 is 1.83 bits per heavy atom. The second-order valence-electron chi connectivity index (χ2n) is 9.97. The van der Waals surface area contributed by atoms with Crippen molar-refractivity contribution in [1.29, 1.82) is 0 Å². The molecule has 0 aromatic heterocycles. The van der Waals surface area contributed by atoms with Crippen molar-refractivity contribution in [3.8, 4) is 16.9 Å². The summed E-state index contributed by atoms with van der Waals surface area (Å²) in [6.45, 7) is 9.90. The summed E-state index contributed by atoms with van der Waals surface area (Å²) in [5.41, 5.74) is 8.09. The van der Waals surface area contributed by atoms with Crippen molar-refractivity contribution in [2.75, 3.05) is 18.1 Å². The van der Waals surface area contributed by atoms with Crippen LogP contribution < -0.4 is 15.1 Å². The summed E-state index contributed by atoms with van der Waals surface area (Å²) < 4.78 is 5.61. The van der Waals surface area contributed by atoms with Crippen LogP contribution in [0.25, 0.3) is 11.1 Å². The summed E-state index contributed by atoms with van der Waals surface area (Å²) in [5, 5.41) is 4.74. The van der Waals surface area contributed by atoms with Crippen molar-refractivity contribution in [2.45, 2.75) is 52.0 Å². The van der Waals surface area contributed by atoms with Crippen molar-refractivity contribution in [1.82, 2.24) is 5.43 Å². The minimum Gasteiger partial charge on any atom is -0.484 e. The van der Waals surface area contributed by atoms with E-state index < -0.39 is 0 Å². The topological polar surface area (TPSA) is 53.9 Å². The zero-order chi connectivity index (χ0) is 25.7. The van der Waals surface area contributed by atoms with Crippen LogP contribution in [-0.2, 0) is 4.79 Å². The van der Waals surface area contributed by atoms with Gasteiger partial charge >= 0.3 is 0 Å². The highest BCUT2D eigenvalue weighted by atomic mass is 35.5. The Hall–Kier alpha value is -3.31. The SMILES string of the molecule is CCCN1c2cc(Cl)c(/C=N/NC(=O)COc3ccc(-c4ccccc4)cc3)cc2C(C)CC1(C)C. The molecule has 0 fully saturated rings. The van der Waals surface area contributed by atoms with Gasteiger partial charge in [-0.2, -0.15) is 5.10 Å². The number of carbonyl (C=O) groups is 1. The number of nitrogens with zero attached hydrogens (tertiary/aromatic N) is 2. The molecule has 1 N–H and O–H groups in total. The van der Waals surface area contributed by atoms with E-state index in [1.54, 1.807) is 6.21 Å². The number of halogens is 1. The summed E-state index contributed by atoms with van der Waals surface area (Å²) in [6, 6.07) is 21.9. The molecule has 1 aliphatic heterocycles. The third kappa shape index (κ3) is 5.90. The molecule has 1 aliphatic rings. The van der Waals surface area contributed by atoms with Crippen molar-refractivity contribution in [3.05, 3.63) is 82.9 Å². The molecule has 6 heteroatoms. The molecule has 5 nitrogen and oxygen atoms in total. The van der Waals surface area contributed by atoms with Gasteiger partial charge in [-0.25, -0.2) is 5.43 Å². The van der Waals surface area contributed by atoms with Crippen LogP contribution in [0.5, 0.6) is 5.75 Å². The van der Waals surface area contributed by atoms with Crippen LogP contribution in [-0.4, -0.2) is 30.8 Å². The molecule has 1 unspecified atom stereocenters. The number of ether oxygens (including phenoxy) is 1. The molecule has 188 valence electrons. The number of hydrogen-bond donors (Lipinski definition) is 1. The zero-order valence-corrected chi connectivity index (χ0v) is 22.2. The Morgan fingerprint density at radius 1 is 1.14 bits per heavy atom. The van der Waals surface area contributed by atoms with Crippen molar-refractivity contribution >= 4 is 29.4 Å². The predicted octanol–water partition coefficient (Wildman–Crippen LogP) is 7.04. The number of hydrogen-bond acceptors (Lipinski definition) is 4. The highest BCUT2D eigenvalue weighted by molar-refractivity contribution is 6.33. The molecule has 3 aromatic rings. The number of rotatable bonds is 8. The van der Waals surface area contributed by atoms with E-state index in [-0.39, 0.29) is 18.1 Å². The molecule has 0 saturated carbocycles. The molecule has 1 amide bonds. The highest BCUT2D eigenvalue weighted by Crippen LogP contribution is 2.45. The van der Waals surface area contributed by atoms with Crippen LogP contribution in [0.1, 0.15) is 57.6 Å². The maximum Gasteiger partial charge on any atom is 0.277 e. The maximum absolute atomic E-state index is 12.3. The molecule has 0 aliphatic carbocycles. The summed E-state index contributed by atoms with van der Waals surface area (Å²) in [6.07, 6.45) is 3.74. The second-order valence-corrected chi connectivity index (χ2v) is 10.4. The van der Waals surface area contributed by atoms with E-state index in [0.29, 0.717) is 16.7 Å². The minimum absolute atomic E-state index is 0.0806. The first-order valence-electron chi connectivity index (χ1n) is 12.5. The number of hydrazone groups is 1. The lowest BCUT2D eigenvalue weighted by Crippen LogP contribution is -2.48. The van der Waals surface area contributed by atoms with E-state index in [0.717, 1.165) is 36.1 Å². The van der Waals surface area contributed by atoms with Crippen LogP contribution >= 0.6 is 11.6 Å². The normalized spacial score (nSPS) is 16.6. The van der Waals surface area contributed by atoms with Gasteiger partial charge in [0, 0.05) is 23.3 Å². The predicted molar refractivity (Wildman–Crippen MR) is 149 cm³/mol. The molecule has 0 saturated heterocycles. The Morgan fingerprint density at radius 3 is 2.53 bits per heavy atom. The molecular formula is C30H34ClN3O2. The number of nitrogens with one attached hydrogen (secondary N) is 1. The molecule has 36 heavy (non-hydrogen) atoms. The average molecular weight is 504 g/mol. The number of carbonyl (C=O) groups excluding carboxylic acids is 1. The fourth-order valence-electron chi connectivity index (χ4n) is 5.00. The fourth-order valence-corrected chi connectivity index (χ4v) is 5.20. The van der Waals surface area contributed by atoms with Gasteiger partial charge in [0.2, 0.25) is 0 Å². The van der Waals surface area contributed by atoms with Crippen LogP contribution in [0.3, 0.4) is 0 Å². The van der Waals surface area contributed by atoms with E-state index in [9.17, 15) is 4.79 Å². The highest BCUT2D eigenvalue weighted by Gasteiger charge is 2.36. The van der Waals surface area contributed by atoms with Gasteiger partial charge in [0.1, 0.15) is 5.75 Å². The summed E-state index contributed by atoms with van der Waals surface area (Å²) in [4.78, 5) is 14.7. The molecule has 1 heterocycles. The van der Waals surface area contributed by atoms with Crippen LogP contribution in [0.4, 0.5) is 5.69 Å². The first-order chi connectivity index (χ1) is 17.3. The smallest absolute Gasteiger partial charge is 0.277 e. The van der Waals surface area contributed by atoms with Gasteiger partial charge < -0.3 is 9.64 Å². The van der Waals surface area contributed by atoms with Crippen molar-refractivity contribution in [2.24, 2.45) is 5.10 Å². The first-order valence-corrected chi connectivity index (χ1v) is 12.9. The lowest BCUT2D eigenvalue weighted by atomic mass is 9.79. The van der Waals surface area contributed by atoms with E-state index in [1.165, 1.54) is 11.3 Å². The molecule has 0 radical (unpaired) electrons. The van der Waals surface area contributed by atoms with Gasteiger partial charge in [0.15, 0.2) is 6.61 Å². The third-order valence-corrected chi connectivity index (χ3v) is 7.00. The van der Waals surface area contributed by atoms with Crippen LogP contribution in [0.15, 0.2) is 71.8 Å². The van der Waals surface area contributed by atoms with Crippen LogP contribution in [0, 0.1) is 0 Å². The number of amides is 1. The van der Waals surface area contributed by atoms with Crippen molar-refractivity contribution in [3.63, 3.8) is 0 Å². The summed E-state index contributed by atoms with van der Waals surface area (Å²) in [5.74, 6) is 0.695. The summed E-state index contributed by atoms with van der Waals surface area (Å²) in [7, 11) is 0. The fraction of sp³-hybridized carbons (Fsp3) is 0.333. The Kier molecular flexibility index (Phi) is 8.00. The van der Waals surface area contributed by atoms with Gasteiger partial charge in [-0.05, 0) is 73.6 Å². The molecule has 3 aromatic carbocycles. The van der Waals surface area contributed by atoms with Gasteiger partial charge in [0.25, 0.3) is 5.91 Å². The number of anilines is 1. The quantitative estimate of drug-likeness (QED) is 0.265. The first kappa shape index (κ1) is 25.8. The maximum atomic E-state index is 12.3. The lowest BCUT2D eigenvalue weighted by molar-refractivity contribution is -0.123. The third-order valence-electron chi connectivity index (χ3n) is 6.68.